The van der Waals surface area contributed by atoms with E-state index in [0.717, 1.165) is 10.4 Å². The summed E-state index contributed by atoms with van der Waals surface area (Å²) in [6, 6.07) is 13.0. The average Bonchev–Trinajstić information content (AvgIpc) is 3.30. The van der Waals surface area contributed by atoms with Crippen molar-refractivity contribution in [3.8, 4) is 11.5 Å². The first-order valence-electron chi connectivity index (χ1n) is 8.21. The second-order valence-electron chi connectivity index (χ2n) is 5.78. The van der Waals surface area contributed by atoms with Crippen LogP contribution in [0.5, 0.6) is 0 Å². The van der Waals surface area contributed by atoms with Gasteiger partial charge < -0.3 is 9.15 Å². The fourth-order valence-corrected chi connectivity index (χ4v) is 3.16. The number of hydrogen-bond donors (Lipinski definition) is 0. The number of ketones is 1. The maximum Gasteiger partial charge on any atom is 0.307 e. The van der Waals surface area contributed by atoms with E-state index in [1.165, 1.54) is 11.3 Å². The van der Waals surface area contributed by atoms with Gasteiger partial charge in [0.2, 0.25) is 5.89 Å². The van der Waals surface area contributed by atoms with Crippen LogP contribution in [0.4, 0.5) is 0 Å². The van der Waals surface area contributed by atoms with Crippen molar-refractivity contribution in [2.24, 2.45) is 0 Å². The summed E-state index contributed by atoms with van der Waals surface area (Å²) in [7, 11) is 0. The molecule has 0 aliphatic heterocycles. The molecule has 6 nitrogen and oxygen atoms in total. The summed E-state index contributed by atoms with van der Waals surface area (Å²) in [6.45, 7) is 3.59. The summed E-state index contributed by atoms with van der Waals surface area (Å²) in [6.07, 6.45) is -0.545. The van der Waals surface area contributed by atoms with Gasteiger partial charge in [-0.15, -0.1) is 21.5 Å². The van der Waals surface area contributed by atoms with Gasteiger partial charge in [0.25, 0.3) is 5.89 Å². The van der Waals surface area contributed by atoms with E-state index >= 15 is 0 Å². The van der Waals surface area contributed by atoms with Gasteiger partial charge in [-0.3, -0.25) is 9.59 Å². The Morgan fingerprint density at radius 3 is 2.58 bits per heavy atom. The van der Waals surface area contributed by atoms with E-state index < -0.39 is 12.1 Å². The highest BCUT2D eigenvalue weighted by Gasteiger charge is 2.20. The Balaban J connectivity index is 1.53. The van der Waals surface area contributed by atoms with Crippen LogP contribution >= 0.6 is 11.3 Å². The molecule has 3 aromatic rings. The minimum atomic E-state index is -0.674. The monoisotopic (exact) mass is 370 g/mol. The van der Waals surface area contributed by atoms with Gasteiger partial charge in [0.05, 0.1) is 11.3 Å². The maximum absolute atomic E-state index is 12.0. The van der Waals surface area contributed by atoms with Crippen molar-refractivity contribution in [3.05, 3.63) is 58.1 Å². The number of carbonyl (C=O) groups excluding carboxylic acids is 2. The normalized spacial score (nSPS) is 11.9. The van der Waals surface area contributed by atoms with Crippen LogP contribution in [0.25, 0.3) is 11.5 Å². The van der Waals surface area contributed by atoms with Crippen LogP contribution in [0.15, 0.2) is 46.9 Å². The number of benzene rings is 1. The molecule has 0 saturated carbocycles. The van der Waals surface area contributed by atoms with Crippen LogP contribution in [0.1, 0.15) is 46.3 Å². The Morgan fingerprint density at radius 1 is 1.12 bits per heavy atom. The van der Waals surface area contributed by atoms with Gasteiger partial charge in [-0.1, -0.05) is 18.2 Å². The molecule has 2 heterocycles. The lowest BCUT2D eigenvalue weighted by Crippen LogP contribution is -2.11. The Hall–Kier alpha value is -2.80. The Kier molecular flexibility index (Phi) is 5.58. The number of ether oxygens (including phenoxy) is 1. The molecule has 0 unspecified atom stereocenters. The lowest BCUT2D eigenvalue weighted by atomic mass is 10.2. The van der Waals surface area contributed by atoms with E-state index in [2.05, 4.69) is 10.2 Å². The van der Waals surface area contributed by atoms with E-state index in [1.54, 1.807) is 13.0 Å². The molecule has 2 aromatic heterocycles. The van der Waals surface area contributed by atoms with Crippen molar-refractivity contribution in [1.82, 2.24) is 10.2 Å². The zero-order chi connectivity index (χ0) is 18.5. The van der Waals surface area contributed by atoms with Gasteiger partial charge in [0, 0.05) is 16.9 Å². The van der Waals surface area contributed by atoms with Crippen LogP contribution in [0.2, 0.25) is 0 Å². The van der Waals surface area contributed by atoms with Gasteiger partial charge in [-0.2, -0.15) is 0 Å². The Bertz CT molecular complexity index is 901. The predicted octanol–water partition coefficient (Wildman–Crippen LogP) is 4.37. The molecule has 0 N–H and O–H groups in total. The SMILES string of the molecule is Cc1ccc(C(=O)CCC(=O)O[C@@H](C)c2nnc(-c3ccccc3)o2)s1. The number of esters is 1. The quantitative estimate of drug-likeness (QED) is 0.453. The molecule has 0 fully saturated rings. The molecule has 1 aromatic carbocycles. The Labute approximate surface area is 154 Å². The van der Waals surface area contributed by atoms with Gasteiger partial charge in [0.15, 0.2) is 11.9 Å². The molecule has 134 valence electrons. The third-order valence-electron chi connectivity index (χ3n) is 3.69. The van der Waals surface area contributed by atoms with Crippen LogP contribution in [-0.2, 0) is 9.53 Å². The lowest BCUT2D eigenvalue weighted by molar-refractivity contribution is -0.149. The minimum Gasteiger partial charge on any atom is -0.453 e. The summed E-state index contributed by atoms with van der Waals surface area (Å²) >= 11 is 1.42. The van der Waals surface area contributed by atoms with Crippen LogP contribution in [0.3, 0.4) is 0 Å². The summed E-state index contributed by atoms with van der Waals surface area (Å²) in [5.41, 5.74) is 0.793. The van der Waals surface area contributed by atoms with Gasteiger partial charge >= 0.3 is 5.97 Å². The molecule has 7 heteroatoms. The minimum absolute atomic E-state index is 0.0137. The smallest absolute Gasteiger partial charge is 0.307 e. The predicted molar refractivity (Wildman–Crippen MR) is 96.9 cm³/mol. The molecule has 0 saturated heterocycles. The largest absolute Gasteiger partial charge is 0.453 e. The van der Waals surface area contributed by atoms with Crippen molar-refractivity contribution in [2.45, 2.75) is 32.8 Å². The summed E-state index contributed by atoms with van der Waals surface area (Å²) < 4.78 is 10.9. The van der Waals surface area contributed by atoms with Crippen LogP contribution in [-0.4, -0.2) is 21.9 Å². The number of rotatable bonds is 7. The number of aryl methyl sites for hydroxylation is 1. The molecule has 0 bridgehead atoms. The molecule has 0 aliphatic carbocycles. The first-order valence-corrected chi connectivity index (χ1v) is 9.02. The molecular weight excluding hydrogens is 352 g/mol. The van der Waals surface area contributed by atoms with Gasteiger partial charge in [-0.25, -0.2) is 0 Å². The molecule has 0 amide bonds. The van der Waals surface area contributed by atoms with Crippen molar-refractivity contribution < 1.29 is 18.7 Å². The summed E-state index contributed by atoms with van der Waals surface area (Å²) in [5.74, 6) is 0.0552. The number of hydrogen-bond acceptors (Lipinski definition) is 7. The van der Waals surface area contributed by atoms with Crippen LogP contribution in [0, 0.1) is 6.92 Å². The summed E-state index contributed by atoms with van der Waals surface area (Å²) in [5, 5.41) is 7.90. The second kappa shape index (κ2) is 8.05. The number of aromatic nitrogens is 2. The van der Waals surface area contributed by atoms with Crippen molar-refractivity contribution in [3.63, 3.8) is 0 Å². The highest BCUT2D eigenvalue weighted by Crippen LogP contribution is 2.23. The third-order valence-corrected chi connectivity index (χ3v) is 4.73. The molecule has 1 atom stereocenters. The third kappa shape index (κ3) is 4.43. The fraction of sp³-hybridized carbons (Fsp3) is 0.263. The molecule has 0 aliphatic rings. The number of Topliss-reactive ketones (excluding diaryl/α,β-unsaturated/α-hetero) is 1. The van der Waals surface area contributed by atoms with Crippen LogP contribution < -0.4 is 0 Å². The number of nitrogens with zero attached hydrogens (tertiary/aromatic N) is 2. The maximum atomic E-state index is 12.0. The van der Waals surface area contributed by atoms with Gasteiger partial charge in [-0.05, 0) is 38.1 Å². The van der Waals surface area contributed by atoms with E-state index in [1.807, 2.05) is 43.3 Å². The lowest BCUT2D eigenvalue weighted by Gasteiger charge is -2.08. The zero-order valence-corrected chi connectivity index (χ0v) is 15.3. The van der Waals surface area contributed by atoms with Crippen molar-refractivity contribution in [1.29, 1.82) is 0 Å². The first kappa shape index (κ1) is 18.0. The average molecular weight is 370 g/mol. The molecule has 3 rings (SSSR count). The Morgan fingerprint density at radius 2 is 1.88 bits per heavy atom. The van der Waals surface area contributed by atoms with E-state index in [0.29, 0.717) is 10.8 Å². The van der Waals surface area contributed by atoms with Gasteiger partial charge in [0.1, 0.15) is 0 Å². The van der Waals surface area contributed by atoms with E-state index in [4.69, 9.17) is 9.15 Å². The molecule has 26 heavy (non-hydrogen) atoms. The number of thiophene rings is 1. The molecule has 0 radical (unpaired) electrons. The second-order valence-corrected chi connectivity index (χ2v) is 7.06. The highest BCUT2D eigenvalue weighted by atomic mass is 32.1. The molecular formula is C19H18N2O4S. The zero-order valence-electron chi connectivity index (χ0n) is 14.5. The highest BCUT2D eigenvalue weighted by molar-refractivity contribution is 7.14. The van der Waals surface area contributed by atoms with E-state index in [-0.39, 0.29) is 24.5 Å². The van der Waals surface area contributed by atoms with Crippen molar-refractivity contribution >= 4 is 23.1 Å². The standard InChI is InChI=1S/C19H18N2O4S/c1-12-8-10-16(26-12)15(22)9-11-17(23)24-13(2)18-20-21-19(25-18)14-6-4-3-5-7-14/h3-8,10,13H,9,11H2,1-2H3/t13-/m0/s1. The summed E-state index contributed by atoms with van der Waals surface area (Å²) in [4.78, 5) is 25.7. The van der Waals surface area contributed by atoms with Crippen molar-refractivity contribution in [2.75, 3.05) is 0 Å². The van der Waals surface area contributed by atoms with E-state index in [9.17, 15) is 9.59 Å². The number of carbonyl (C=O) groups is 2. The molecule has 0 spiro atoms. The fourth-order valence-electron chi connectivity index (χ4n) is 2.33. The first-order chi connectivity index (χ1) is 12.5. The topological polar surface area (TPSA) is 82.3 Å².